The van der Waals surface area contributed by atoms with E-state index < -0.39 is 5.60 Å². The van der Waals surface area contributed by atoms with Gasteiger partial charge in [0.05, 0.1) is 22.6 Å². The number of carbonyl (C=O) groups excluding carboxylic acids is 1. The predicted molar refractivity (Wildman–Crippen MR) is 203 cm³/mol. The molecule has 0 fully saturated rings. The van der Waals surface area contributed by atoms with Gasteiger partial charge < -0.3 is 14.8 Å². The summed E-state index contributed by atoms with van der Waals surface area (Å²) in [6.45, 7) is 2.16. The van der Waals surface area contributed by atoms with Gasteiger partial charge >= 0.3 is 5.97 Å². The molecule has 1 spiro atoms. The van der Waals surface area contributed by atoms with E-state index in [0.29, 0.717) is 17.1 Å². The Balaban J connectivity index is 1.22. The highest BCUT2D eigenvalue weighted by Gasteiger charge is 2.53. The van der Waals surface area contributed by atoms with Crippen molar-refractivity contribution in [2.75, 3.05) is 15.8 Å². The van der Waals surface area contributed by atoms with Crippen molar-refractivity contribution in [3.05, 3.63) is 198 Å². The van der Waals surface area contributed by atoms with Gasteiger partial charge in [0.15, 0.2) is 5.60 Å². The Morgan fingerprint density at radius 1 is 0.588 bits per heavy atom. The molecule has 0 bridgehead atoms. The lowest BCUT2D eigenvalue weighted by molar-refractivity contribution is 0.0224. The third kappa shape index (κ3) is 5.08. The maximum Gasteiger partial charge on any atom is 0.340 e. The number of esters is 1. The van der Waals surface area contributed by atoms with Crippen LogP contribution >= 0.6 is 0 Å². The Bertz CT molecular complexity index is 2410. The van der Waals surface area contributed by atoms with Crippen LogP contribution in [0.15, 0.2) is 170 Å². The van der Waals surface area contributed by atoms with Crippen molar-refractivity contribution in [3.63, 3.8) is 0 Å². The second-order valence-electron chi connectivity index (χ2n) is 12.7. The minimum Gasteiger partial charge on any atom is -0.456 e. The molecular formula is C45H33N3O3. The quantitative estimate of drug-likeness (QED) is 0.131. The van der Waals surface area contributed by atoms with Crippen LogP contribution in [0.4, 0.5) is 28.4 Å². The first-order chi connectivity index (χ1) is 25.1. The van der Waals surface area contributed by atoms with Crippen molar-refractivity contribution in [1.29, 1.82) is 0 Å². The fourth-order valence-corrected chi connectivity index (χ4v) is 7.36. The lowest BCUT2D eigenvalue weighted by Crippen LogP contribution is -2.33. The summed E-state index contributed by atoms with van der Waals surface area (Å²) in [5.41, 5.74) is 13.5. The van der Waals surface area contributed by atoms with Gasteiger partial charge in [0.2, 0.25) is 0 Å². The summed E-state index contributed by atoms with van der Waals surface area (Å²) in [6, 6.07) is 56.6. The molecule has 0 radical (unpaired) electrons. The third-order valence-electron chi connectivity index (χ3n) is 9.67. The Morgan fingerprint density at radius 3 is 1.98 bits per heavy atom. The monoisotopic (exact) mass is 663 g/mol. The molecule has 6 heteroatoms. The van der Waals surface area contributed by atoms with Crippen LogP contribution in [0.2, 0.25) is 0 Å². The van der Waals surface area contributed by atoms with Crippen LogP contribution in [0.25, 0.3) is 11.1 Å². The van der Waals surface area contributed by atoms with Crippen LogP contribution in [-0.4, -0.2) is 5.97 Å². The fourth-order valence-electron chi connectivity index (χ4n) is 7.36. The minimum absolute atomic E-state index is 0.349. The number of anilines is 5. The zero-order chi connectivity index (χ0) is 34.4. The average Bonchev–Trinajstić information content (AvgIpc) is 3.47. The van der Waals surface area contributed by atoms with E-state index in [2.05, 4.69) is 77.3 Å². The number of hydrogen-bond donors (Lipinski definition) is 2. The van der Waals surface area contributed by atoms with Crippen molar-refractivity contribution in [2.24, 2.45) is 0 Å². The largest absolute Gasteiger partial charge is 0.456 e. The number of nitrogens with zero attached hydrogens (tertiary/aromatic N) is 1. The molecule has 0 saturated heterocycles. The van der Waals surface area contributed by atoms with Gasteiger partial charge in [-0.15, -0.1) is 0 Å². The van der Waals surface area contributed by atoms with E-state index in [1.54, 1.807) is 0 Å². The number of fused-ring (bicyclic) bond motifs is 6. The first-order valence-corrected chi connectivity index (χ1v) is 17.0. The highest BCUT2D eigenvalue weighted by Crippen LogP contribution is 2.56. The standard InChI is InChI=1S/C45H33N3O3/c1-30-40(28-27-39(46-32-17-7-3-8-18-32)43(30)31-15-5-2-6-16-31)48(47-33-19-9-4-10-20-33)34-25-26-38-42(29-34)50-41-24-14-13-23-37(41)45(38)36-22-12-11-21-35(36)44(49)51-45/h2-29,46-47H,1H3. The number of rotatable bonds is 7. The lowest BCUT2D eigenvalue weighted by atomic mass is 9.77. The minimum atomic E-state index is -1.13. The fraction of sp³-hybridized carbons (Fsp3) is 0.0444. The number of nitrogens with one attached hydrogen (secondary N) is 2. The van der Waals surface area contributed by atoms with Gasteiger partial charge in [0.1, 0.15) is 11.5 Å². The number of hydrazine groups is 1. The summed E-state index contributed by atoms with van der Waals surface area (Å²) in [6.07, 6.45) is 0. The molecule has 9 rings (SSSR count). The number of ether oxygens (including phenoxy) is 2. The normalized spacial score (nSPS) is 15.2. The van der Waals surface area contributed by atoms with Crippen molar-refractivity contribution < 1.29 is 14.3 Å². The van der Waals surface area contributed by atoms with Crippen LogP contribution in [0.5, 0.6) is 11.5 Å². The molecule has 2 heterocycles. The Morgan fingerprint density at radius 2 is 1.22 bits per heavy atom. The molecule has 0 saturated carbocycles. The summed E-state index contributed by atoms with van der Waals surface area (Å²) in [5.74, 6) is 0.907. The van der Waals surface area contributed by atoms with Gasteiger partial charge in [-0.2, -0.15) is 0 Å². The van der Waals surface area contributed by atoms with E-state index in [4.69, 9.17) is 9.47 Å². The van der Waals surface area contributed by atoms with Gasteiger partial charge in [-0.25, -0.2) is 4.79 Å². The maximum atomic E-state index is 13.4. The molecule has 7 aromatic carbocycles. The molecule has 0 amide bonds. The molecule has 0 aliphatic carbocycles. The number of benzene rings is 7. The van der Waals surface area contributed by atoms with E-state index in [9.17, 15) is 4.79 Å². The highest BCUT2D eigenvalue weighted by atomic mass is 16.6. The smallest absolute Gasteiger partial charge is 0.340 e. The van der Waals surface area contributed by atoms with E-state index in [-0.39, 0.29) is 5.97 Å². The lowest BCUT2D eigenvalue weighted by Gasteiger charge is -2.37. The van der Waals surface area contributed by atoms with Crippen molar-refractivity contribution >= 4 is 34.4 Å². The van der Waals surface area contributed by atoms with Crippen molar-refractivity contribution in [1.82, 2.24) is 0 Å². The van der Waals surface area contributed by atoms with E-state index in [0.717, 1.165) is 61.8 Å². The second kappa shape index (κ2) is 12.3. The molecule has 51 heavy (non-hydrogen) atoms. The molecule has 246 valence electrons. The SMILES string of the molecule is Cc1c(N(Nc2ccccc2)c2ccc3c(c2)Oc2ccccc2C32OC(=O)c3ccccc32)ccc(Nc2ccccc2)c1-c1ccccc1. The van der Waals surface area contributed by atoms with Crippen LogP contribution in [0.3, 0.4) is 0 Å². The summed E-state index contributed by atoms with van der Waals surface area (Å²) in [7, 11) is 0. The van der Waals surface area contributed by atoms with Gasteiger partial charge in [0, 0.05) is 39.7 Å². The zero-order valence-corrected chi connectivity index (χ0v) is 27.8. The number of carbonyl (C=O) groups is 1. The van der Waals surface area contributed by atoms with Gasteiger partial charge in [-0.3, -0.25) is 10.4 Å². The zero-order valence-electron chi connectivity index (χ0n) is 27.8. The van der Waals surface area contributed by atoms with E-state index in [1.165, 1.54) is 0 Å². The number of hydrogen-bond acceptors (Lipinski definition) is 6. The van der Waals surface area contributed by atoms with Crippen LogP contribution in [-0.2, 0) is 10.3 Å². The Labute approximate surface area is 296 Å². The summed E-state index contributed by atoms with van der Waals surface area (Å²) < 4.78 is 13.0. The van der Waals surface area contributed by atoms with Crippen molar-refractivity contribution in [3.8, 4) is 22.6 Å². The van der Waals surface area contributed by atoms with Gasteiger partial charge in [0.25, 0.3) is 0 Å². The average molecular weight is 664 g/mol. The highest BCUT2D eigenvalue weighted by molar-refractivity contribution is 5.97. The molecule has 6 nitrogen and oxygen atoms in total. The topological polar surface area (TPSA) is 62.8 Å². The van der Waals surface area contributed by atoms with Crippen LogP contribution < -0.4 is 20.5 Å². The molecule has 2 aliphatic rings. The molecule has 2 N–H and O–H groups in total. The van der Waals surface area contributed by atoms with Crippen LogP contribution in [0.1, 0.15) is 32.6 Å². The van der Waals surface area contributed by atoms with Crippen LogP contribution in [0, 0.1) is 6.92 Å². The van der Waals surface area contributed by atoms with E-state index >= 15 is 0 Å². The molecule has 0 aromatic heterocycles. The second-order valence-corrected chi connectivity index (χ2v) is 12.7. The van der Waals surface area contributed by atoms with Gasteiger partial charge in [-0.1, -0.05) is 103 Å². The number of para-hydroxylation sites is 3. The summed E-state index contributed by atoms with van der Waals surface area (Å²) in [5, 5.41) is 5.75. The molecule has 2 aliphatic heterocycles. The maximum absolute atomic E-state index is 13.4. The Kier molecular flexibility index (Phi) is 7.29. The molecule has 7 aromatic rings. The van der Waals surface area contributed by atoms with Crippen molar-refractivity contribution in [2.45, 2.75) is 12.5 Å². The first kappa shape index (κ1) is 30.3. The first-order valence-electron chi connectivity index (χ1n) is 17.0. The third-order valence-corrected chi connectivity index (χ3v) is 9.67. The predicted octanol–water partition coefficient (Wildman–Crippen LogP) is 11.1. The summed E-state index contributed by atoms with van der Waals surface area (Å²) >= 11 is 0. The summed E-state index contributed by atoms with van der Waals surface area (Å²) in [4.78, 5) is 13.4. The van der Waals surface area contributed by atoms with Gasteiger partial charge in [-0.05, 0) is 78.7 Å². The Hall–Kier alpha value is -6.79. The molecular weight excluding hydrogens is 631 g/mol. The molecule has 1 atom stereocenters. The molecule has 1 unspecified atom stereocenters. The van der Waals surface area contributed by atoms with E-state index in [1.807, 2.05) is 115 Å².